The van der Waals surface area contributed by atoms with Crippen LogP contribution in [0.25, 0.3) is 0 Å². The van der Waals surface area contributed by atoms with Crippen LogP contribution >= 0.6 is 0 Å². The van der Waals surface area contributed by atoms with Crippen LogP contribution in [0.3, 0.4) is 0 Å². The van der Waals surface area contributed by atoms with Crippen molar-refractivity contribution in [3.05, 3.63) is 59.9 Å². The number of aromatic nitrogens is 1. The van der Waals surface area contributed by atoms with E-state index in [1.54, 1.807) is 12.1 Å². The predicted octanol–water partition coefficient (Wildman–Crippen LogP) is 2.51. The maximum Gasteiger partial charge on any atom is 0.191 e. The van der Waals surface area contributed by atoms with Crippen molar-refractivity contribution >= 4 is 5.96 Å². The van der Waals surface area contributed by atoms with Gasteiger partial charge in [-0.1, -0.05) is 18.2 Å². The van der Waals surface area contributed by atoms with Crippen molar-refractivity contribution in [3.8, 4) is 5.75 Å². The lowest BCUT2D eigenvalue weighted by Crippen LogP contribution is -2.48. The molecule has 0 bridgehead atoms. The number of aliphatic imine (C=N–C) groups is 1. The van der Waals surface area contributed by atoms with Crippen LogP contribution in [0.4, 0.5) is 0 Å². The Morgan fingerprint density at radius 2 is 1.96 bits per heavy atom. The highest BCUT2D eigenvalue weighted by atomic mass is 16.3. The normalized spacial score (nSPS) is 16.3. The van der Waals surface area contributed by atoms with Gasteiger partial charge in [0.05, 0.1) is 12.2 Å². The molecular formula is C21H29N5O. The van der Waals surface area contributed by atoms with Crippen LogP contribution < -0.4 is 10.6 Å². The average Bonchev–Trinajstić information content (AvgIpc) is 2.70. The summed E-state index contributed by atoms with van der Waals surface area (Å²) in [6.45, 7) is 6.54. The molecule has 0 spiro atoms. The van der Waals surface area contributed by atoms with E-state index < -0.39 is 0 Å². The van der Waals surface area contributed by atoms with Crippen LogP contribution in [0, 0.1) is 0 Å². The van der Waals surface area contributed by atoms with E-state index in [9.17, 15) is 5.11 Å². The van der Waals surface area contributed by atoms with Gasteiger partial charge in [0.15, 0.2) is 5.96 Å². The van der Waals surface area contributed by atoms with Crippen molar-refractivity contribution in [2.24, 2.45) is 4.99 Å². The van der Waals surface area contributed by atoms with Crippen LogP contribution in [-0.2, 0) is 13.1 Å². The highest BCUT2D eigenvalue weighted by Gasteiger charge is 2.20. The number of phenols is 1. The molecule has 27 heavy (non-hydrogen) atoms. The number of pyridine rings is 1. The number of hydrogen-bond acceptors (Lipinski definition) is 4. The summed E-state index contributed by atoms with van der Waals surface area (Å²) >= 11 is 0. The van der Waals surface area contributed by atoms with E-state index in [-0.39, 0.29) is 5.75 Å². The number of rotatable bonds is 6. The fraction of sp³-hybridized carbons (Fsp3) is 0.429. The van der Waals surface area contributed by atoms with Gasteiger partial charge in [-0.2, -0.15) is 0 Å². The average molecular weight is 367 g/mol. The molecule has 6 heteroatoms. The number of nitrogens with one attached hydrogen (secondary N) is 2. The lowest BCUT2D eigenvalue weighted by atomic mass is 10.0. The van der Waals surface area contributed by atoms with Crippen LogP contribution in [0.1, 0.15) is 31.0 Å². The third kappa shape index (κ3) is 6.25. The predicted molar refractivity (Wildman–Crippen MR) is 109 cm³/mol. The first-order chi connectivity index (χ1) is 13.2. The highest BCUT2D eigenvalue weighted by molar-refractivity contribution is 5.80. The molecule has 0 radical (unpaired) electrons. The molecule has 1 aliphatic rings. The molecule has 0 atom stereocenters. The number of guanidine groups is 1. The molecule has 6 nitrogen and oxygen atoms in total. The summed E-state index contributed by atoms with van der Waals surface area (Å²) < 4.78 is 0. The molecule has 0 unspecified atom stereocenters. The minimum absolute atomic E-state index is 0.283. The highest BCUT2D eigenvalue weighted by Crippen LogP contribution is 2.13. The first kappa shape index (κ1) is 19.2. The second-order valence-electron chi connectivity index (χ2n) is 6.88. The SMILES string of the molecule is CCNC(=NCc1ccc(O)cc1)NC1CCN(Cc2ccccn2)CC1. The Morgan fingerprint density at radius 3 is 2.63 bits per heavy atom. The van der Waals surface area contributed by atoms with E-state index in [0.717, 1.165) is 56.2 Å². The number of aromatic hydroxyl groups is 1. The molecule has 1 aliphatic heterocycles. The monoisotopic (exact) mass is 367 g/mol. The van der Waals surface area contributed by atoms with E-state index in [2.05, 4.69) is 38.5 Å². The van der Waals surface area contributed by atoms with Crippen molar-refractivity contribution in [2.45, 2.75) is 38.9 Å². The van der Waals surface area contributed by atoms with E-state index >= 15 is 0 Å². The summed E-state index contributed by atoms with van der Waals surface area (Å²) in [5.74, 6) is 1.14. The van der Waals surface area contributed by atoms with E-state index in [1.807, 2.05) is 30.5 Å². The minimum atomic E-state index is 0.283. The summed E-state index contributed by atoms with van der Waals surface area (Å²) in [6, 6.07) is 13.7. The zero-order valence-electron chi connectivity index (χ0n) is 15.9. The van der Waals surface area contributed by atoms with Gasteiger partial charge in [0.2, 0.25) is 0 Å². The van der Waals surface area contributed by atoms with Crippen molar-refractivity contribution in [3.63, 3.8) is 0 Å². The van der Waals surface area contributed by atoms with Crippen molar-refractivity contribution in [1.29, 1.82) is 0 Å². The molecule has 3 rings (SSSR count). The van der Waals surface area contributed by atoms with E-state index in [4.69, 9.17) is 0 Å². The smallest absolute Gasteiger partial charge is 0.191 e. The van der Waals surface area contributed by atoms with Crippen LogP contribution in [0.15, 0.2) is 53.7 Å². The Morgan fingerprint density at radius 1 is 1.19 bits per heavy atom. The Bertz CT molecular complexity index is 709. The van der Waals surface area contributed by atoms with Gasteiger partial charge in [0.25, 0.3) is 0 Å². The fourth-order valence-corrected chi connectivity index (χ4v) is 3.24. The van der Waals surface area contributed by atoms with Crippen molar-refractivity contribution in [2.75, 3.05) is 19.6 Å². The third-order valence-electron chi connectivity index (χ3n) is 4.74. The van der Waals surface area contributed by atoms with Crippen LogP contribution in [0.5, 0.6) is 5.75 Å². The fourth-order valence-electron chi connectivity index (χ4n) is 3.24. The summed E-state index contributed by atoms with van der Waals surface area (Å²) in [5.41, 5.74) is 2.21. The number of benzene rings is 1. The molecule has 1 saturated heterocycles. The Kier molecular flexibility index (Phi) is 7.04. The molecule has 0 aliphatic carbocycles. The Labute approximate surface area is 161 Å². The number of phenolic OH excluding ortho intramolecular Hbond substituents is 1. The van der Waals surface area contributed by atoms with Crippen LogP contribution in [-0.4, -0.2) is 46.6 Å². The zero-order chi connectivity index (χ0) is 18.9. The number of hydrogen-bond donors (Lipinski definition) is 3. The molecule has 2 aromatic rings. The van der Waals surface area contributed by atoms with Crippen molar-refractivity contribution < 1.29 is 5.11 Å². The first-order valence-corrected chi connectivity index (χ1v) is 9.68. The first-order valence-electron chi connectivity index (χ1n) is 9.68. The van der Waals surface area contributed by atoms with Gasteiger partial charge < -0.3 is 15.7 Å². The summed E-state index contributed by atoms with van der Waals surface area (Å²) in [4.78, 5) is 11.6. The van der Waals surface area contributed by atoms with Gasteiger partial charge in [0.1, 0.15) is 5.75 Å². The number of likely N-dealkylation sites (tertiary alicyclic amines) is 1. The Hall–Kier alpha value is -2.60. The van der Waals surface area contributed by atoms with E-state index in [1.165, 1.54) is 0 Å². The van der Waals surface area contributed by atoms with Gasteiger partial charge in [-0.05, 0) is 49.6 Å². The summed E-state index contributed by atoms with van der Waals surface area (Å²) in [7, 11) is 0. The second kappa shape index (κ2) is 9.92. The molecule has 1 aromatic heterocycles. The molecule has 1 fully saturated rings. The molecule has 0 amide bonds. The minimum Gasteiger partial charge on any atom is -0.508 e. The molecule has 1 aromatic carbocycles. The molecule has 0 saturated carbocycles. The van der Waals surface area contributed by atoms with Gasteiger partial charge in [-0.15, -0.1) is 0 Å². The van der Waals surface area contributed by atoms with Crippen molar-refractivity contribution in [1.82, 2.24) is 20.5 Å². The van der Waals surface area contributed by atoms with Gasteiger partial charge in [-0.3, -0.25) is 9.88 Å². The van der Waals surface area contributed by atoms with Gasteiger partial charge in [-0.25, -0.2) is 4.99 Å². The lowest BCUT2D eigenvalue weighted by molar-refractivity contribution is 0.196. The largest absolute Gasteiger partial charge is 0.508 e. The van der Waals surface area contributed by atoms with Gasteiger partial charge >= 0.3 is 0 Å². The maximum atomic E-state index is 9.38. The number of piperidine rings is 1. The summed E-state index contributed by atoms with van der Waals surface area (Å²) in [5, 5.41) is 16.3. The van der Waals surface area contributed by atoms with Gasteiger partial charge in [0, 0.05) is 38.4 Å². The third-order valence-corrected chi connectivity index (χ3v) is 4.74. The molecule has 3 N–H and O–H groups in total. The quantitative estimate of drug-likeness (QED) is 0.540. The van der Waals surface area contributed by atoms with E-state index in [0.29, 0.717) is 12.6 Å². The molecule has 144 valence electrons. The topological polar surface area (TPSA) is 72.8 Å². The molecular weight excluding hydrogens is 338 g/mol. The lowest BCUT2D eigenvalue weighted by Gasteiger charge is -2.32. The standard InChI is InChI=1S/C21H29N5O/c1-2-22-21(24-15-17-6-8-20(27)9-7-17)25-18-10-13-26(14-11-18)16-19-5-3-4-12-23-19/h3-9,12,18,27H,2,10-11,13-16H2,1H3,(H2,22,24,25). The second-order valence-corrected chi connectivity index (χ2v) is 6.88. The maximum absolute atomic E-state index is 9.38. The Balaban J connectivity index is 1.48. The summed E-state index contributed by atoms with van der Waals surface area (Å²) in [6.07, 6.45) is 4.05. The number of nitrogens with zero attached hydrogens (tertiary/aromatic N) is 3. The zero-order valence-corrected chi connectivity index (χ0v) is 15.9. The van der Waals surface area contributed by atoms with Crippen LogP contribution in [0.2, 0.25) is 0 Å². The molecule has 2 heterocycles.